The molecule has 0 spiro atoms. The molecule has 0 aliphatic carbocycles. The molecule has 4 rings (SSSR count). The van der Waals surface area contributed by atoms with Crippen molar-refractivity contribution in [3.05, 3.63) is 34.8 Å². The van der Waals surface area contributed by atoms with E-state index in [1.54, 1.807) is 0 Å². The Bertz CT molecular complexity index is 1120. The number of benzene rings is 1. The van der Waals surface area contributed by atoms with Crippen LogP contribution in [0.2, 0.25) is 0 Å². The molecule has 1 unspecified atom stereocenters. The number of carbonyl (C=O) groups is 1. The number of phenols is 1. The van der Waals surface area contributed by atoms with Gasteiger partial charge < -0.3 is 20.2 Å². The van der Waals surface area contributed by atoms with Gasteiger partial charge in [-0.05, 0) is 6.42 Å². The zero-order chi connectivity index (χ0) is 20.7. The number of aliphatic imine (C=N–C) groups is 1. The van der Waals surface area contributed by atoms with Crippen molar-refractivity contribution in [1.29, 1.82) is 0 Å². The molecule has 0 radical (unpaired) electrons. The molecule has 0 saturated carbocycles. The summed E-state index contributed by atoms with van der Waals surface area (Å²) in [6.45, 7) is 0. The number of thiazole rings is 1. The first-order chi connectivity index (χ1) is 13.8. The summed E-state index contributed by atoms with van der Waals surface area (Å²) in [7, 11) is 0. The highest BCUT2D eigenvalue weighted by molar-refractivity contribution is 8.15. The zero-order valence-electron chi connectivity index (χ0n) is 14.5. The third-order valence-corrected chi connectivity index (χ3v) is 6.44. The van der Waals surface area contributed by atoms with Gasteiger partial charge in [0, 0.05) is 24.0 Å². The van der Waals surface area contributed by atoms with Crippen LogP contribution in [0.4, 0.5) is 8.78 Å². The van der Waals surface area contributed by atoms with Crippen LogP contribution in [-0.2, 0) is 4.79 Å². The second-order valence-corrected chi connectivity index (χ2v) is 8.14. The van der Waals surface area contributed by atoms with E-state index in [4.69, 9.17) is 4.84 Å². The van der Waals surface area contributed by atoms with Crippen LogP contribution in [0.15, 0.2) is 23.2 Å². The number of phenolic OH excluding ortho intramolecular Hbond substituents is 1. The first kappa shape index (κ1) is 19.5. The van der Waals surface area contributed by atoms with Crippen LogP contribution in [0.5, 0.6) is 17.5 Å². The maximum Gasteiger partial charge on any atom is 0.333 e. The van der Waals surface area contributed by atoms with Gasteiger partial charge in [-0.25, -0.2) is 18.6 Å². The maximum absolute atomic E-state index is 14.0. The molecule has 3 aromatic rings. The molecule has 12 heteroatoms. The molecule has 0 saturated heterocycles. The van der Waals surface area contributed by atoms with Gasteiger partial charge in [-0.1, -0.05) is 0 Å². The van der Waals surface area contributed by atoms with Gasteiger partial charge in [-0.3, -0.25) is 4.99 Å². The van der Waals surface area contributed by atoms with E-state index in [2.05, 4.69) is 9.98 Å². The number of fused-ring (bicyclic) bond motifs is 1. The van der Waals surface area contributed by atoms with E-state index in [9.17, 15) is 28.9 Å². The molecule has 3 heterocycles. The molecule has 0 bridgehead atoms. The van der Waals surface area contributed by atoms with Crippen LogP contribution in [0.1, 0.15) is 17.8 Å². The average Bonchev–Trinajstić information content (AvgIpc) is 3.40. The van der Waals surface area contributed by atoms with Crippen molar-refractivity contribution < 1.29 is 33.7 Å². The van der Waals surface area contributed by atoms with Crippen LogP contribution in [0.25, 0.3) is 10.2 Å². The number of aromatic nitrogens is 2. The van der Waals surface area contributed by atoms with Gasteiger partial charge in [0.25, 0.3) is 0 Å². The molecule has 29 heavy (non-hydrogen) atoms. The number of nitrogens with zero attached hydrogens (tertiary/aromatic N) is 3. The van der Waals surface area contributed by atoms with Gasteiger partial charge in [0.15, 0.2) is 17.4 Å². The molecule has 3 N–H and O–H groups in total. The molecule has 8 nitrogen and oxygen atoms in total. The number of hydrogen-bond acceptors (Lipinski definition) is 9. The first-order valence-corrected chi connectivity index (χ1v) is 10.1. The fraction of sp³-hybridized carbons (Fsp3) is 0.235. The SMILES string of the molecule is O=C(CCC1CSC(c2nc3cc(F)c(O)c(F)c3s2)=N1)On1c(O)ccc1O. The highest BCUT2D eigenvalue weighted by Crippen LogP contribution is 2.35. The largest absolute Gasteiger partial charge is 0.503 e. The molecular weight excluding hydrogens is 428 g/mol. The van der Waals surface area contributed by atoms with Crippen molar-refractivity contribution in [3.63, 3.8) is 0 Å². The minimum Gasteiger partial charge on any atom is -0.503 e. The predicted molar refractivity (Wildman–Crippen MR) is 103 cm³/mol. The van der Waals surface area contributed by atoms with E-state index in [1.807, 2.05) is 0 Å². The summed E-state index contributed by atoms with van der Waals surface area (Å²) in [6.07, 6.45) is 0.347. The average molecular weight is 441 g/mol. The molecule has 2 aromatic heterocycles. The summed E-state index contributed by atoms with van der Waals surface area (Å²) in [5.41, 5.74) is 0.0967. The summed E-state index contributed by atoms with van der Waals surface area (Å²) in [5, 5.41) is 29.3. The predicted octanol–water partition coefficient (Wildman–Crippen LogP) is 2.79. The van der Waals surface area contributed by atoms with Crippen molar-refractivity contribution in [2.75, 3.05) is 5.75 Å². The lowest BCUT2D eigenvalue weighted by Crippen LogP contribution is -2.20. The number of halogens is 2. The monoisotopic (exact) mass is 441 g/mol. The van der Waals surface area contributed by atoms with Crippen molar-refractivity contribution in [2.45, 2.75) is 18.9 Å². The Morgan fingerprint density at radius 2 is 2.00 bits per heavy atom. The summed E-state index contributed by atoms with van der Waals surface area (Å²) in [5.74, 6) is -4.07. The smallest absolute Gasteiger partial charge is 0.333 e. The van der Waals surface area contributed by atoms with E-state index in [-0.39, 0.29) is 22.7 Å². The molecule has 152 valence electrons. The number of carbonyl (C=O) groups excluding carboxylic acids is 1. The molecule has 0 amide bonds. The minimum absolute atomic E-state index is 0.00732. The molecule has 1 atom stereocenters. The molecular formula is C17H13F2N3O5S2. The quantitative estimate of drug-likeness (QED) is 0.557. The first-order valence-electron chi connectivity index (χ1n) is 8.32. The highest BCUT2D eigenvalue weighted by atomic mass is 32.2. The Kier molecular flexibility index (Phi) is 5.04. The van der Waals surface area contributed by atoms with Crippen molar-refractivity contribution in [2.24, 2.45) is 4.99 Å². The van der Waals surface area contributed by atoms with E-state index in [0.717, 1.165) is 17.4 Å². The van der Waals surface area contributed by atoms with Gasteiger partial charge >= 0.3 is 5.97 Å². The van der Waals surface area contributed by atoms with E-state index in [0.29, 0.717) is 27.0 Å². The number of thioether (sulfide) groups is 1. The van der Waals surface area contributed by atoms with Crippen LogP contribution in [0.3, 0.4) is 0 Å². The Balaban J connectivity index is 1.42. The minimum atomic E-state index is -1.08. The Morgan fingerprint density at radius 3 is 2.72 bits per heavy atom. The second kappa shape index (κ2) is 7.52. The summed E-state index contributed by atoms with van der Waals surface area (Å²) < 4.78 is 28.1. The third-order valence-electron chi connectivity index (χ3n) is 4.12. The van der Waals surface area contributed by atoms with Crippen LogP contribution in [-0.4, -0.2) is 47.8 Å². The number of aromatic hydroxyl groups is 3. The lowest BCUT2D eigenvalue weighted by molar-refractivity contribution is -0.145. The van der Waals surface area contributed by atoms with Crippen molar-refractivity contribution >= 4 is 44.3 Å². The normalized spacial score (nSPS) is 16.3. The van der Waals surface area contributed by atoms with Gasteiger partial charge in [-0.2, -0.15) is 0 Å². The third kappa shape index (κ3) is 3.72. The molecule has 1 aliphatic heterocycles. The summed E-state index contributed by atoms with van der Waals surface area (Å²) in [6, 6.07) is 3.11. The second-order valence-electron chi connectivity index (χ2n) is 6.13. The maximum atomic E-state index is 14.0. The molecule has 1 aromatic carbocycles. The van der Waals surface area contributed by atoms with Crippen LogP contribution in [0, 0.1) is 11.6 Å². The lowest BCUT2D eigenvalue weighted by Gasteiger charge is -2.08. The van der Waals surface area contributed by atoms with Gasteiger partial charge in [-0.15, -0.1) is 27.8 Å². The van der Waals surface area contributed by atoms with Crippen molar-refractivity contribution in [3.8, 4) is 17.5 Å². The van der Waals surface area contributed by atoms with Gasteiger partial charge in [0.2, 0.25) is 11.8 Å². The number of hydrogen-bond donors (Lipinski definition) is 3. The summed E-state index contributed by atoms with van der Waals surface area (Å²) >= 11 is 2.34. The van der Waals surface area contributed by atoms with E-state index < -0.39 is 35.1 Å². The van der Waals surface area contributed by atoms with E-state index >= 15 is 0 Å². The van der Waals surface area contributed by atoms with E-state index in [1.165, 1.54) is 23.9 Å². The highest BCUT2D eigenvalue weighted by Gasteiger charge is 2.25. The Labute approximate surface area is 170 Å². The van der Waals surface area contributed by atoms with Gasteiger partial charge in [0.05, 0.1) is 22.7 Å². The lowest BCUT2D eigenvalue weighted by atomic mass is 10.2. The standard InChI is InChI=1S/C17H13F2N3O5S2/c18-8-5-9-15(13(19)14(8)26)29-17(21-9)16-20-7(6-28-16)1-4-12(25)27-22-10(23)2-3-11(22)24/h2-3,5,7,23-24,26H,1,4,6H2. The number of rotatable bonds is 5. The topological polar surface area (TPSA) is 117 Å². The molecule has 0 fully saturated rings. The zero-order valence-corrected chi connectivity index (χ0v) is 16.1. The van der Waals surface area contributed by atoms with Crippen LogP contribution >= 0.6 is 23.1 Å². The van der Waals surface area contributed by atoms with Crippen molar-refractivity contribution in [1.82, 2.24) is 9.71 Å². The molecule has 1 aliphatic rings. The Morgan fingerprint density at radius 1 is 1.28 bits per heavy atom. The van der Waals surface area contributed by atoms with Crippen LogP contribution < -0.4 is 4.84 Å². The van der Waals surface area contributed by atoms with Gasteiger partial charge in [0.1, 0.15) is 10.1 Å². The Hall–Kier alpha value is -2.86. The fourth-order valence-electron chi connectivity index (χ4n) is 2.69. The summed E-state index contributed by atoms with van der Waals surface area (Å²) in [4.78, 5) is 25.4. The fourth-order valence-corrected chi connectivity index (χ4v) is 4.85.